The van der Waals surface area contributed by atoms with Crippen LogP contribution in [0.25, 0.3) is 0 Å². The van der Waals surface area contributed by atoms with Crippen LogP contribution in [0.15, 0.2) is 0 Å². The average Bonchev–Trinajstić information content (AvgIpc) is 3.25. The lowest BCUT2D eigenvalue weighted by Gasteiger charge is -2.20. The number of unbranched alkanes of at least 4 members (excludes halogenated alkanes) is 28. The van der Waals surface area contributed by atoms with E-state index in [0.29, 0.717) is 12.8 Å². The minimum Gasteiger partial charge on any atom is -0.462 e. The third kappa shape index (κ3) is 45.3. The van der Waals surface area contributed by atoms with Crippen molar-refractivity contribution in [2.45, 2.75) is 258 Å². The molecule has 3 atom stereocenters. The van der Waals surface area contributed by atoms with Crippen LogP contribution in [0.5, 0.6) is 0 Å². The summed E-state index contributed by atoms with van der Waals surface area (Å²) in [6, 6.07) is 0. The van der Waals surface area contributed by atoms with Crippen molar-refractivity contribution in [3.8, 4) is 47.4 Å². The highest BCUT2D eigenvalue weighted by atomic mass is 31.2. The molecule has 0 amide bonds. The molecule has 0 radical (unpaired) electrons. The average molecular weight is 887 g/mol. The van der Waals surface area contributed by atoms with E-state index in [1.165, 1.54) is 89.9 Å². The first kappa shape index (κ1) is 59.2. The third-order valence-electron chi connectivity index (χ3n) is 10.4. The van der Waals surface area contributed by atoms with E-state index >= 15 is 0 Å². The Morgan fingerprint density at radius 1 is 0.484 bits per heavy atom. The van der Waals surface area contributed by atoms with Gasteiger partial charge in [0.15, 0.2) is 12.4 Å². The summed E-state index contributed by atoms with van der Waals surface area (Å²) in [7, 11) is -4.63. The van der Waals surface area contributed by atoms with E-state index < -0.39 is 38.8 Å². The van der Waals surface area contributed by atoms with Crippen LogP contribution in [-0.4, -0.2) is 47.5 Å². The van der Waals surface area contributed by atoms with Crippen molar-refractivity contribution in [3.05, 3.63) is 0 Å². The van der Waals surface area contributed by atoms with Gasteiger partial charge in [0.1, 0.15) is 6.61 Å². The molecule has 2 N–H and O–H groups in total. The number of phosphoric acid groups is 1. The molecule has 62 heavy (non-hydrogen) atoms. The minimum atomic E-state index is -4.63. The SMILES string of the molecule is CCCCCCCCCCC#CC#CCCCCCCCCC(=O)OC[C@H](COP(=O)(O)OC(O)CC)OC(=O)CCCCCCCCC#CC#CCCCCCCCCCC. The van der Waals surface area contributed by atoms with Crippen molar-refractivity contribution in [1.29, 1.82) is 0 Å². The van der Waals surface area contributed by atoms with Crippen molar-refractivity contribution >= 4 is 19.8 Å². The van der Waals surface area contributed by atoms with Gasteiger partial charge in [0, 0.05) is 38.5 Å². The van der Waals surface area contributed by atoms with Gasteiger partial charge in [-0.05, 0) is 68.6 Å². The van der Waals surface area contributed by atoms with Crippen LogP contribution in [0.1, 0.15) is 245 Å². The fourth-order valence-corrected chi connectivity index (χ4v) is 7.43. The van der Waals surface area contributed by atoms with E-state index in [-0.39, 0.29) is 25.9 Å². The normalized spacial score (nSPS) is 12.5. The maximum absolute atomic E-state index is 12.6. The van der Waals surface area contributed by atoms with Gasteiger partial charge in [-0.15, -0.1) is 0 Å². The topological polar surface area (TPSA) is 129 Å². The number of hydrogen-bond acceptors (Lipinski definition) is 8. The number of esters is 2. The van der Waals surface area contributed by atoms with Crippen molar-refractivity contribution in [2.24, 2.45) is 0 Å². The molecule has 0 saturated heterocycles. The molecule has 354 valence electrons. The Kier molecular flexibility index (Phi) is 44.2. The molecule has 0 aliphatic heterocycles. The number of aliphatic hydroxyl groups excluding tert-OH is 1. The predicted molar refractivity (Wildman–Crippen MR) is 253 cm³/mol. The summed E-state index contributed by atoms with van der Waals surface area (Å²) in [5.74, 6) is 23.6. The summed E-state index contributed by atoms with van der Waals surface area (Å²) in [6.45, 7) is 5.22. The second-order valence-corrected chi connectivity index (χ2v) is 17.8. The maximum atomic E-state index is 12.6. The van der Waals surface area contributed by atoms with E-state index in [9.17, 15) is 24.2 Å². The van der Waals surface area contributed by atoms with Crippen LogP contribution in [0, 0.1) is 47.4 Å². The number of aliphatic hydroxyl groups is 1. The Labute approximate surface area is 379 Å². The molecule has 10 heteroatoms. The van der Waals surface area contributed by atoms with E-state index in [4.69, 9.17) is 14.0 Å². The standard InChI is InChI=1S/C52H87O9P/c1-4-7-9-11-13-15-17-19-21-23-25-27-29-31-33-35-37-39-41-43-45-51(54)58-47-49(48-59-62(56,57)61-50(53)6-3)60-52(55)46-44-42-40-38-36-34-32-30-28-26-24-22-20-18-16-14-12-10-8-5-2/h49-50,53H,4-22,31-48H2,1-3H3,(H,56,57)/t49-,50?/m1/s1. The van der Waals surface area contributed by atoms with Gasteiger partial charge in [0.25, 0.3) is 0 Å². The summed E-state index contributed by atoms with van der Waals surface area (Å²) >= 11 is 0. The Morgan fingerprint density at radius 2 is 0.823 bits per heavy atom. The summed E-state index contributed by atoms with van der Waals surface area (Å²) in [5, 5.41) is 9.62. The molecule has 0 spiro atoms. The Bertz CT molecular complexity index is 1380. The molecule has 2 unspecified atom stereocenters. The highest BCUT2D eigenvalue weighted by molar-refractivity contribution is 7.47. The molecule has 0 aliphatic rings. The van der Waals surface area contributed by atoms with Crippen molar-refractivity contribution < 1.29 is 42.7 Å². The van der Waals surface area contributed by atoms with E-state index in [1.54, 1.807) is 6.92 Å². The second kappa shape index (κ2) is 46.2. The zero-order chi connectivity index (χ0) is 45.5. The molecular formula is C52H87O9P. The van der Waals surface area contributed by atoms with Gasteiger partial charge in [-0.2, -0.15) is 0 Å². The van der Waals surface area contributed by atoms with Gasteiger partial charge < -0.3 is 19.5 Å². The lowest BCUT2D eigenvalue weighted by atomic mass is 10.1. The summed E-state index contributed by atoms with van der Waals surface area (Å²) < 4.78 is 32.7. The number of rotatable bonds is 41. The van der Waals surface area contributed by atoms with Gasteiger partial charge in [0.05, 0.1) is 6.61 Å². The van der Waals surface area contributed by atoms with Crippen LogP contribution < -0.4 is 0 Å². The van der Waals surface area contributed by atoms with E-state index in [1.807, 2.05) is 0 Å². The predicted octanol–water partition coefficient (Wildman–Crippen LogP) is 13.6. The molecule has 0 fully saturated rings. The third-order valence-corrected chi connectivity index (χ3v) is 11.4. The molecule has 0 aliphatic carbocycles. The van der Waals surface area contributed by atoms with Crippen LogP contribution >= 0.6 is 7.82 Å². The number of carbonyl (C=O) groups excluding carboxylic acids is 2. The van der Waals surface area contributed by atoms with E-state index in [0.717, 1.165) is 103 Å². The highest BCUT2D eigenvalue weighted by Crippen LogP contribution is 2.44. The van der Waals surface area contributed by atoms with Crippen LogP contribution in [0.3, 0.4) is 0 Å². The number of carbonyl (C=O) groups is 2. The Balaban J connectivity index is 4.25. The zero-order valence-electron chi connectivity index (χ0n) is 39.5. The molecule has 0 aromatic rings. The molecule has 0 heterocycles. The van der Waals surface area contributed by atoms with Crippen molar-refractivity contribution in [1.82, 2.24) is 0 Å². The number of ether oxygens (including phenoxy) is 2. The highest BCUT2D eigenvalue weighted by Gasteiger charge is 2.28. The largest absolute Gasteiger partial charge is 0.474 e. The first-order valence-corrected chi connectivity index (χ1v) is 26.3. The number of hydrogen-bond donors (Lipinski definition) is 2. The molecule has 9 nitrogen and oxygen atoms in total. The smallest absolute Gasteiger partial charge is 0.462 e. The van der Waals surface area contributed by atoms with Crippen molar-refractivity contribution in [3.63, 3.8) is 0 Å². The fourth-order valence-electron chi connectivity index (χ4n) is 6.56. The monoisotopic (exact) mass is 887 g/mol. The van der Waals surface area contributed by atoms with Gasteiger partial charge in [0.2, 0.25) is 0 Å². The molecule has 0 rings (SSSR count). The van der Waals surface area contributed by atoms with Gasteiger partial charge in [-0.1, -0.05) is 186 Å². The lowest BCUT2D eigenvalue weighted by Crippen LogP contribution is -2.29. The van der Waals surface area contributed by atoms with Crippen LogP contribution in [0.2, 0.25) is 0 Å². The quantitative estimate of drug-likeness (QED) is 0.0203. The molecule has 0 saturated carbocycles. The van der Waals surface area contributed by atoms with Gasteiger partial charge >= 0.3 is 19.8 Å². The minimum absolute atomic E-state index is 0.0799. The van der Waals surface area contributed by atoms with Gasteiger partial charge in [-0.25, -0.2) is 4.57 Å². The number of phosphoric ester groups is 1. The molecule has 0 aromatic carbocycles. The molecule has 0 bridgehead atoms. The Morgan fingerprint density at radius 3 is 1.19 bits per heavy atom. The van der Waals surface area contributed by atoms with E-state index in [2.05, 4.69) is 65.7 Å². The van der Waals surface area contributed by atoms with Crippen LogP contribution in [-0.2, 0) is 32.7 Å². The zero-order valence-corrected chi connectivity index (χ0v) is 40.4. The lowest BCUT2D eigenvalue weighted by molar-refractivity contribution is -0.161. The summed E-state index contributed by atoms with van der Waals surface area (Å²) in [4.78, 5) is 35.1. The molecular weight excluding hydrogens is 800 g/mol. The fraction of sp³-hybridized carbons (Fsp3) is 0.808. The first-order valence-electron chi connectivity index (χ1n) is 24.8. The van der Waals surface area contributed by atoms with Gasteiger partial charge in [-0.3, -0.25) is 18.6 Å². The Hall–Kier alpha value is -2.75. The second-order valence-electron chi connectivity index (χ2n) is 16.4. The molecule has 0 aromatic heterocycles. The maximum Gasteiger partial charge on any atom is 0.474 e. The van der Waals surface area contributed by atoms with Crippen LogP contribution in [0.4, 0.5) is 0 Å². The summed E-state index contributed by atoms with van der Waals surface area (Å²) in [6.07, 6.45) is 33.7. The summed E-state index contributed by atoms with van der Waals surface area (Å²) in [5.41, 5.74) is 0. The van der Waals surface area contributed by atoms with Crippen molar-refractivity contribution in [2.75, 3.05) is 13.2 Å². The first-order chi connectivity index (χ1) is 30.2.